The molecule has 0 atom stereocenters. The number of hydrogen-bond acceptors (Lipinski definition) is 4. The molecule has 29 heavy (non-hydrogen) atoms. The van der Waals surface area contributed by atoms with Gasteiger partial charge in [-0.05, 0) is 43.2 Å². The highest BCUT2D eigenvalue weighted by Gasteiger charge is 2.23. The Kier molecular flexibility index (Phi) is 6.86. The van der Waals surface area contributed by atoms with E-state index >= 15 is 0 Å². The van der Waals surface area contributed by atoms with Crippen LogP contribution in [0.15, 0.2) is 42.6 Å². The summed E-state index contributed by atoms with van der Waals surface area (Å²) in [6, 6.07) is 11.8. The quantitative estimate of drug-likeness (QED) is 0.755. The maximum Gasteiger partial charge on any atom is 0.272 e. The Bertz CT molecular complexity index is 859. The highest BCUT2D eigenvalue weighted by Crippen LogP contribution is 2.19. The van der Waals surface area contributed by atoms with E-state index in [4.69, 9.17) is 0 Å². The number of rotatable bonds is 6. The van der Waals surface area contributed by atoms with E-state index in [9.17, 15) is 9.59 Å². The molecule has 1 saturated heterocycles. The molecule has 1 aromatic heterocycles. The van der Waals surface area contributed by atoms with Crippen molar-refractivity contribution < 1.29 is 9.59 Å². The monoisotopic (exact) mass is 394 g/mol. The maximum absolute atomic E-state index is 13.0. The van der Waals surface area contributed by atoms with E-state index in [-0.39, 0.29) is 11.8 Å². The van der Waals surface area contributed by atoms with Crippen molar-refractivity contribution in [2.24, 2.45) is 0 Å². The number of piperazine rings is 1. The van der Waals surface area contributed by atoms with Crippen LogP contribution in [0.3, 0.4) is 0 Å². The number of hydrogen-bond donors (Lipinski definition) is 0. The molecule has 6 nitrogen and oxygen atoms in total. The molecule has 2 amide bonds. The second-order valence-corrected chi connectivity index (χ2v) is 7.63. The van der Waals surface area contributed by atoms with Gasteiger partial charge in [-0.3, -0.25) is 14.6 Å². The van der Waals surface area contributed by atoms with Crippen LogP contribution in [0, 0.1) is 6.92 Å². The van der Waals surface area contributed by atoms with Crippen molar-refractivity contribution in [3.63, 3.8) is 0 Å². The topological polar surface area (TPSA) is 56.8 Å². The van der Waals surface area contributed by atoms with Crippen LogP contribution in [0.4, 0.5) is 5.69 Å². The Hall–Kier alpha value is -2.89. The molecule has 2 aromatic rings. The fraction of sp³-hybridized carbons (Fsp3) is 0.435. The van der Waals surface area contributed by atoms with E-state index in [1.807, 2.05) is 4.90 Å². The summed E-state index contributed by atoms with van der Waals surface area (Å²) in [6.07, 6.45) is 3.53. The molecule has 6 heteroatoms. The Balaban J connectivity index is 1.63. The van der Waals surface area contributed by atoms with Gasteiger partial charge in [0.15, 0.2) is 0 Å². The fourth-order valence-corrected chi connectivity index (χ4v) is 3.55. The highest BCUT2D eigenvalue weighted by molar-refractivity contribution is 5.98. The Morgan fingerprint density at radius 2 is 1.86 bits per heavy atom. The summed E-state index contributed by atoms with van der Waals surface area (Å²) in [5.74, 6) is -0.182. The average molecular weight is 395 g/mol. The average Bonchev–Trinajstić information content (AvgIpc) is 2.76. The van der Waals surface area contributed by atoms with Crippen LogP contribution in [0.25, 0.3) is 0 Å². The predicted molar refractivity (Wildman–Crippen MR) is 115 cm³/mol. The number of benzene rings is 1. The molecule has 0 spiro atoms. The molecule has 1 aliphatic heterocycles. The van der Waals surface area contributed by atoms with Crippen LogP contribution in [0.1, 0.15) is 46.2 Å². The number of carbonyl (C=O) groups excluding carboxylic acids is 2. The molecule has 1 aliphatic rings. The number of carbonyl (C=O) groups is 2. The van der Waals surface area contributed by atoms with Crippen molar-refractivity contribution in [3.05, 3.63) is 59.4 Å². The third-order valence-electron chi connectivity index (χ3n) is 5.35. The minimum atomic E-state index is -0.141. The minimum absolute atomic E-state index is 0.0402. The molecule has 2 heterocycles. The predicted octanol–water partition coefficient (Wildman–Crippen LogP) is 3.22. The summed E-state index contributed by atoms with van der Waals surface area (Å²) in [5, 5.41) is 0. The van der Waals surface area contributed by atoms with Crippen LogP contribution < -0.4 is 4.90 Å². The summed E-state index contributed by atoms with van der Waals surface area (Å²) >= 11 is 0. The van der Waals surface area contributed by atoms with Gasteiger partial charge in [0, 0.05) is 57.2 Å². The minimum Gasteiger partial charge on any atom is -0.368 e. The van der Waals surface area contributed by atoms with Gasteiger partial charge < -0.3 is 14.7 Å². The molecule has 0 unspecified atom stereocenters. The standard InChI is InChI=1S/C23H30N4O2/c1-4-5-11-25(3)23(29)21-17-19(9-10-24-21)22(28)27-14-12-26(13-15-27)20-8-6-7-18(2)16-20/h6-10,16-17H,4-5,11-15H2,1-3H3. The van der Waals surface area contributed by atoms with Crippen molar-refractivity contribution in [3.8, 4) is 0 Å². The van der Waals surface area contributed by atoms with Gasteiger partial charge in [-0.15, -0.1) is 0 Å². The van der Waals surface area contributed by atoms with E-state index in [2.05, 4.69) is 48.0 Å². The van der Waals surface area contributed by atoms with Crippen LogP contribution >= 0.6 is 0 Å². The molecule has 0 saturated carbocycles. The SMILES string of the molecule is CCCCN(C)C(=O)c1cc(C(=O)N2CCN(c3cccc(C)c3)CC2)ccn1. The largest absolute Gasteiger partial charge is 0.368 e. The van der Waals surface area contributed by atoms with Gasteiger partial charge >= 0.3 is 0 Å². The first-order valence-electron chi connectivity index (χ1n) is 10.3. The van der Waals surface area contributed by atoms with Crippen LogP contribution in [0.2, 0.25) is 0 Å². The van der Waals surface area contributed by atoms with Crippen molar-refractivity contribution in [2.45, 2.75) is 26.7 Å². The number of aryl methyl sites for hydroxylation is 1. The van der Waals surface area contributed by atoms with E-state index in [1.165, 1.54) is 11.3 Å². The third kappa shape index (κ3) is 5.13. The fourth-order valence-electron chi connectivity index (χ4n) is 3.55. The van der Waals surface area contributed by atoms with E-state index in [1.54, 1.807) is 30.3 Å². The highest BCUT2D eigenvalue weighted by atomic mass is 16.2. The number of pyridine rings is 1. The molecule has 0 radical (unpaired) electrons. The Morgan fingerprint density at radius 1 is 1.10 bits per heavy atom. The van der Waals surface area contributed by atoms with E-state index in [0.29, 0.717) is 30.9 Å². The van der Waals surface area contributed by atoms with Crippen molar-refractivity contribution >= 4 is 17.5 Å². The van der Waals surface area contributed by atoms with Gasteiger partial charge in [0.2, 0.25) is 0 Å². The molecule has 0 N–H and O–H groups in total. The molecular weight excluding hydrogens is 364 g/mol. The number of aromatic nitrogens is 1. The lowest BCUT2D eigenvalue weighted by atomic mass is 10.1. The van der Waals surface area contributed by atoms with Crippen LogP contribution in [-0.2, 0) is 0 Å². The van der Waals surface area contributed by atoms with E-state index in [0.717, 1.165) is 25.9 Å². The summed E-state index contributed by atoms with van der Waals surface area (Å²) in [4.78, 5) is 35.5. The zero-order chi connectivity index (χ0) is 20.8. The number of amides is 2. The van der Waals surface area contributed by atoms with Gasteiger partial charge in [-0.2, -0.15) is 0 Å². The van der Waals surface area contributed by atoms with Crippen molar-refractivity contribution in [2.75, 3.05) is 44.7 Å². The first-order valence-corrected chi connectivity index (χ1v) is 10.3. The number of nitrogens with zero attached hydrogens (tertiary/aromatic N) is 4. The van der Waals surface area contributed by atoms with Gasteiger partial charge in [0.05, 0.1) is 0 Å². The van der Waals surface area contributed by atoms with Crippen LogP contribution in [0.5, 0.6) is 0 Å². The lowest BCUT2D eigenvalue weighted by Crippen LogP contribution is -2.48. The van der Waals surface area contributed by atoms with Gasteiger partial charge in [-0.1, -0.05) is 25.5 Å². The lowest BCUT2D eigenvalue weighted by Gasteiger charge is -2.36. The smallest absolute Gasteiger partial charge is 0.272 e. The van der Waals surface area contributed by atoms with Gasteiger partial charge in [0.25, 0.3) is 11.8 Å². The zero-order valence-corrected chi connectivity index (χ0v) is 17.6. The van der Waals surface area contributed by atoms with Gasteiger partial charge in [0.1, 0.15) is 5.69 Å². The Labute approximate surface area is 173 Å². The van der Waals surface area contributed by atoms with Crippen LogP contribution in [-0.4, -0.2) is 66.4 Å². The Morgan fingerprint density at radius 3 is 2.55 bits per heavy atom. The molecular formula is C23H30N4O2. The molecule has 0 bridgehead atoms. The molecule has 1 aromatic carbocycles. The summed E-state index contributed by atoms with van der Waals surface area (Å²) in [6.45, 7) is 7.79. The third-order valence-corrected chi connectivity index (χ3v) is 5.35. The van der Waals surface area contributed by atoms with Gasteiger partial charge in [-0.25, -0.2) is 0 Å². The maximum atomic E-state index is 13.0. The number of anilines is 1. The summed E-state index contributed by atoms with van der Waals surface area (Å²) < 4.78 is 0. The zero-order valence-electron chi connectivity index (χ0n) is 17.6. The normalized spacial score (nSPS) is 14.0. The number of unbranched alkanes of at least 4 members (excludes halogenated alkanes) is 1. The van der Waals surface area contributed by atoms with Crippen molar-refractivity contribution in [1.29, 1.82) is 0 Å². The second kappa shape index (κ2) is 9.54. The summed E-state index contributed by atoms with van der Waals surface area (Å²) in [5.41, 5.74) is 3.28. The molecule has 3 rings (SSSR count). The molecule has 1 fully saturated rings. The lowest BCUT2D eigenvalue weighted by molar-refractivity contribution is 0.0746. The van der Waals surface area contributed by atoms with E-state index < -0.39 is 0 Å². The molecule has 0 aliphatic carbocycles. The molecule has 154 valence electrons. The van der Waals surface area contributed by atoms with Crippen molar-refractivity contribution in [1.82, 2.24) is 14.8 Å². The second-order valence-electron chi connectivity index (χ2n) is 7.63. The first-order chi connectivity index (χ1) is 14.0. The summed E-state index contributed by atoms with van der Waals surface area (Å²) in [7, 11) is 1.78. The first kappa shape index (κ1) is 20.8.